The van der Waals surface area contributed by atoms with Crippen molar-refractivity contribution in [3.05, 3.63) is 71.8 Å². The van der Waals surface area contributed by atoms with Gasteiger partial charge in [-0.25, -0.2) is 0 Å². The lowest BCUT2D eigenvalue weighted by molar-refractivity contribution is 0.100. The Hall–Kier alpha value is -3.34. The molecule has 0 atom stereocenters. The molecule has 3 N–H and O–H groups in total. The number of nitrogens with one attached hydrogen (secondary N) is 1. The molecule has 0 unspecified atom stereocenters. The number of hydrogen-bond donors (Lipinski definition) is 2. The van der Waals surface area contributed by atoms with Crippen molar-refractivity contribution in [2.45, 2.75) is 6.42 Å². The van der Waals surface area contributed by atoms with Gasteiger partial charge in [0.15, 0.2) is 0 Å². The van der Waals surface area contributed by atoms with Gasteiger partial charge < -0.3 is 10.5 Å². The monoisotopic (exact) mass is 331 g/mol. The highest BCUT2D eigenvalue weighted by Crippen LogP contribution is 2.41. The highest BCUT2D eigenvalue weighted by Gasteiger charge is 2.25. The molecule has 0 spiro atoms. The molecule has 4 rings (SSSR count). The average molecular weight is 331 g/mol. The van der Waals surface area contributed by atoms with Gasteiger partial charge in [0.25, 0.3) is 0 Å². The molecule has 25 heavy (non-hydrogen) atoms. The molecule has 0 bridgehead atoms. The molecule has 0 saturated heterocycles. The van der Waals surface area contributed by atoms with Crippen molar-refractivity contribution < 1.29 is 9.53 Å². The fourth-order valence-corrected chi connectivity index (χ4v) is 3.19. The number of rotatable bonds is 5. The summed E-state index contributed by atoms with van der Waals surface area (Å²) in [6, 6.07) is 13.3. The first kappa shape index (κ1) is 15.2. The van der Waals surface area contributed by atoms with Gasteiger partial charge in [-0.2, -0.15) is 5.10 Å². The van der Waals surface area contributed by atoms with Crippen LogP contribution in [0.3, 0.4) is 0 Å². The number of benzene rings is 2. The summed E-state index contributed by atoms with van der Waals surface area (Å²) in [5.41, 5.74) is 12.2. The van der Waals surface area contributed by atoms with Gasteiger partial charge in [-0.05, 0) is 35.9 Å². The zero-order chi connectivity index (χ0) is 17.4. The first-order valence-corrected chi connectivity index (χ1v) is 8.02. The third-order valence-corrected chi connectivity index (χ3v) is 4.39. The van der Waals surface area contributed by atoms with Gasteiger partial charge in [0, 0.05) is 28.7 Å². The minimum absolute atomic E-state index is 0.432. The summed E-state index contributed by atoms with van der Waals surface area (Å²) >= 11 is 0. The van der Waals surface area contributed by atoms with Crippen LogP contribution < -0.4 is 10.5 Å². The quantitative estimate of drug-likeness (QED) is 0.551. The lowest BCUT2D eigenvalue weighted by Gasteiger charge is -2.06. The van der Waals surface area contributed by atoms with Crippen molar-refractivity contribution in [2.75, 3.05) is 6.61 Å². The molecule has 5 heteroatoms. The predicted molar refractivity (Wildman–Crippen MR) is 96.5 cm³/mol. The topological polar surface area (TPSA) is 81.0 Å². The Labute approximate surface area is 145 Å². The Morgan fingerprint density at radius 1 is 1.28 bits per heavy atom. The molecule has 3 aromatic rings. The van der Waals surface area contributed by atoms with Crippen LogP contribution in [0.2, 0.25) is 0 Å². The largest absolute Gasteiger partial charge is 0.490 e. The molecule has 0 radical (unpaired) electrons. The molecule has 0 fully saturated rings. The van der Waals surface area contributed by atoms with Crippen LogP contribution in [-0.2, 0) is 6.42 Å². The first-order chi connectivity index (χ1) is 12.2. The number of carbonyl (C=O) groups excluding carboxylic acids is 1. The molecule has 1 aliphatic carbocycles. The number of aromatic amines is 1. The molecular formula is C20H17N3O2. The Bertz CT molecular complexity index is 971. The minimum Gasteiger partial charge on any atom is -0.490 e. The van der Waals surface area contributed by atoms with Crippen LogP contribution >= 0.6 is 0 Å². The number of nitrogens with two attached hydrogens (primary N) is 1. The molecule has 0 saturated carbocycles. The molecule has 5 nitrogen and oxygen atoms in total. The summed E-state index contributed by atoms with van der Waals surface area (Å²) in [5, 5.41) is 7.61. The number of H-pyrrole nitrogens is 1. The number of ether oxygens (including phenoxy) is 1. The van der Waals surface area contributed by atoms with E-state index in [0.29, 0.717) is 12.2 Å². The van der Waals surface area contributed by atoms with Crippen molar-refractivity contribution in [3.63, 3.8) is 0 Å². The number of carbonyl (C=O) groups is 1. The summed E-state index contributed by atoms with van der Waals surface area (Å²) in [4.78, 5) is 11.2. The summed E-state index contributed by atoms with van der Waals surface area (Å²) < 4.78 is 5.62. The maximum Gasteiger partial charge on any atom is 0.248 e. The van der Waals surface area contributed by atoms with E-state index in [1.165, 1.54) is 5.56 Å². The van der Waals surface area contributed by atoms with E-state index in [1.807, 2.05) is 18.2 Å². The third-order valence-electron chi connectivity index (χ3n) is 4.39. The van der Waals surface area contributed by atoms with E-state index in [9.17, 15) is 4.79 Å². The summed E-state index contributed by atoms with van der Waals surface area (Å²) in [6.45, 7) is 4.16. The van der Waals surface area contributed by atoms with Crippen LogP contribution in [0.15, 0.2) is 55.1 Å². The Morgan fingerprint density at radius 2 is 2.08 bits per heavy atom. The van der Waals surface area contributed by atoms with Gasteiger partial charge >= 0.3 is 0 Å². The molecule has 0 aliphatic heterocycles. The maximum atomic E-state index is 11.2. The summed E-state index contributed by atoms with van der Waals surface area (Å²) in [7, 11) is 0. The highest BCUT2D eigenvalue weighted by molar-refractivity contribution is 5.93. The van der Waals surface area contributed by atoms with E-state index >= 15 is 0 Å². The van der Waals surface area contributed by atoms with E-state index in [2.05, 4.69) is 28.9 Å². The molecule has 124 valence electrons. The number of fused-ring (bicyclic) bond motifs is 3. The highest BCUT2D eigenvalue weighted by atomic mass is 16.5. The smallest absolute Gasteiger partial charge is 0.248 e. The molecule has 1 heterocycles. The third kappa shape index (κ3) is 2.59. The Kier molecular flexibility index (Phi) is 3.61. The minimum atomic E-state index is -0.432. The normalized spacial score (nSPS) is 11.7. The molecule has 1 amide bonds. The summed E-state index contributed by atoms with van der Waals surface area (Å²) in [6.07, 6.45) is 2.52. The first-order valence-electron chi connectivity index (χ1n) is 8.02. The molecular weight excluding hydrogens is 314 g/mol. The molecule has 1 aliphatic rings. The predicted octanol–water partition coefficient (Wildman–Crippen LogP) is 3.31. The number of amides is 1. The Morgan fingerprint density at radius 3 is 2.80 bits per heavy atom. The van der Waals surface area contributed by atoms with Crippen LogP contribution in [0.25, 0.3) is 22.5 Å². The van der Waals surface area contributed by atoms with Gasteiger partial charge in [0.2, 0.25) is 5.91 Å². The second kappa shape index (κ2) is 5.94. The average Bonchev–Trinajstić information content (AvgIpc) is 3.18. The summed E-state index contributed by atoms with van der Waals surface area (Å²) in [5.74, 6) is 0.405. The molecule has 1 aromatic heterocycles. The number of primary amides is 1. The lowest BCUT2D eigenvalue weighted by Crippen LogP contribution is -2.10. The van der Waals surface area contributed by atoms with Gasteiger partial charge in [-0.15, -0.1) is 0 Å². The van der Waals surface area contributed by atoms with E-state index in [1.54, 1.807) is 18.2 Å². The van der Waals surface area contributed by atoms with Crippen molar-refractivity contribution in [3.8, 4) is 28.3 Å². The van der Waals surface area contributed by atoms with Gasteiger partial charge in [0.1, 0.15) is 12.4 Å². The van der Waals surface area contributed by atoms with Gasteiger partial charge in [-0.1, -0.05) is 24.8 Å². The van der Waals surface area contributed by atoms with Crippen molar-refractivity contribution >= 4 is 5.91 Å². The van der Waals surface area contributed by atoms with Crippen molar-refractivity contribution in [1.29, 1.82) is 0 Å². The lowest BCUT2D eigenvalue weighted by atomic mass is 10.0. The van der Waals surface area contributed by atoms with E-state index < -0.39 is 5.91 Å². The van der Waals surface area contributed by atoms with Crippen LogP contribution in [0.1, 0.15) is 21.5 Å². The van der Waals surface area contributed by atoms with E-state index in [-0.39, 0.29) is 0 Å². The van der Waals surface area contributed by atoms with Crippen molar-refractivity contribution in [2.24, 2.45) is 5.73 Å². The second-order valence-corrected chi connectivity index (χ2v) is 5.96. The maximum absolute atomic E-state index is 11.2. The Balaban J connectivity index is 1.67. The zero-order valence-corrected chi connectivity index (χ0v) is 13.6. The van der Waals surface area contributed by atoms with E-state index in [4.69, 9.17) is 10.5 Å². The standard InChI is InChI=1S/C20H17N3O2/c1-2-9-25-15-7-8-16-14(10-15)11-17-18(22-23-19(16)17)12-3-5-13(6-4-12)20(21)24/h2-8,10H,1,9,11H2,(H2,21,24)(H,22,23). The number of aromatic nitrogens is 2. The SMILES string of the molecule is C=CCOc1ccc2c(c1)Cc1c(-c3ccc(C(N)=O)cc3)n[nH]c1-2. The molecule has 2 aromatic carbocycles. The fraction of sp³-hybridized carbons (Fsp3) is 0.100. The number of nitrogens with zero attached hydrogens (tertiary/aromatic N) is 1. The second-order valence-electron chi connectivity index (χ2n) is 5.96. The van der Waals surface area contributed by atoms with Crippen LogP contribution in [-0.4, -0.2) is 22.7 Å². The van der Waals surface area contributed by atoms with Crippen molar-refractivity contribution in [1.82, 2.24) is 10.2 Å². The van der Waals surface area contributed by atoms with E-state index in [0.717, 1.165) is 40.2 Å². The van der Waals surface area contributed by atoms with Crippen LogP contribution in [0.5, 0.6) is 5.75 Å². The van der Waals surface area contributed by atoms with Crippen LogP contribution in [0.4, 0.5) is 0 Å². The number of hydrogen-bond acceptors (Lipinski definition) is 3. The van der Waals surface area contributed by atoms with Crippen LogP contribution in [0, 0.1) is 0 Å². The fourth-order valence-electron chi connectivity index (χ4n) is 3.19. The van der Waals surface area contributed by atoms with Gasteiger partial charge in [0.05, 0.1) is 11.4 Å². The zero-order valence-electron chi connectivity index (χ0n) is 13.6. The van der Waals surface area contributed by atoms with Gasteiger partial charge in [-0.3, -0.25) is 9.89 Å².